The van der Waals surface area contributed by atoms with E-state index < -0.39 is 108 Å². The van der Waals surface area contributed by atoms with E-state index in [2.05, 4.69) is 0 Å². The van der Waals surface area contributed by atoms with Crippen molar-refractivity contribution in [3.8, 4) is 0 Å². The van der Waals surface area contributed by atoms with Crippen molar-refractivity contribution in [1.29, 1.82) is 0 Å². The van der Waals surface area contributed by atoms with Gasteiger partial charge in [-0.1, -0.05) is 0 Å². The quantitative estimate of drug-likeness (QED) is 0.128. The van der Waals surface area contributed by atoms with Crippen LogP contribution in [0.25, 0.3) is 0 Å². The van der Waals surface area contributed by atoms with Crippen molar-refractivity contribution in [2.24, 2.45) is 5.41 Å². The molecule has 0 saturated carbocycles. The Morgan fingerprint density at radius 1 is 0.169 bits per heavy atom. The van der Waals surface area contributed by atoms with Crippen molar-refractivity contribution in [1.82, 2.24) is 0 Å². The topological polar surface area (TPSA) is 27.7 Å². The minimum atomic E-state index is -12.0. The van der Waals surface area contributed by atoms with Crippen LogP contribution in [0.4, 0.5) is 167 Å². The van der Waals surface area contributed by atoms with Crippen LogP contribution in [0.15, 0.2) is 0 Å². The Hall–Kier alpha value is -2.78. The fourth-order valence-electron chi connectivity index (χ4n) is 3.94. The normalized spacial score (nSPS) is 18.0. The number of hydrogen-bond donors (Lipinski definition) is 0. The third-order valence-electron chi connectivity index (χ3n) is 6.45. The molecule has 0 bridgehead atoms. The molecule has 0 heterocycles. The van der Waals surface area contributed by atoms with Gasteiger partial charge in [-0.15, -0.1) is 39.5 Å². The average molecular weight is 986 g/mol. The lowest BCUT2D eigenvalue weighted by atomic mass is 9.62. The number of ether oxygens (including phenoxy) is 3. The molecule has 0 fully saturated rings. The number of halogens is 38. The van der Waals surface area contributed by atoms with Gasteiger partial charge in [0.1, 0.15) is 0 Å². The van der Waals surface area contributed by atoms with E-state index in [4.69, 9.17) is 0 Å². The van der Waals surface area contributed by atoms with Crippen molar-refractivity contribution < 1.29 is 181 Å². The number of hydrogen-bond acceptors (Lipinski definition) is 3. The van der Waals surface area contributed by atoms with Gasteiger partial charge in [0.15, 0.2) is 0 Å². The standard InChI is InChI=1S/C18F38O3/c19-2(20,5(25,26)6(27,28)7(29,30)8(31,32)9(33,34)11(37,38)14(45,46)47)1(4(23,24)12(39,40)41,3(21,22)10(35,36)13(42,43)44)15(57-16(48,49)50,58-17(51,52)53)59-18(54,55)56. The van der Waals surface area contributed by atoms with Gasteiger partial charge in [0, 0.05) is 0 Å². The van der Waals surface area contributed by atoms with E-state index in [9.17, 15) is 149 Å². The smallest absolute Gasteiger partial charge is 0.232 e. The monoisotopic (exact) mass is 986 g/mol. The highest BCUT2D eigenvalue weighted by atomic mass is 19.5. The van der Waals surface area contributed by atoms with E-state index in [1.54, 1.807) is 0 Å². The number of alkyl halides is 38. The second kappa shape index (κ2) is 13.9. The summed E-state index contributed by atoms with van der Waals surface area (Å²) in [6, 6.07) is 0. The zero-order valence-corrected chi connectivity index (χ0v) is 24.6. The Labute approximate surface area is 291 Å². The van der Waals surface area contributed by atoms with Crippen LogP contribution in [0, 0.1) is 5.41 Å². The zero-order valence-electron chi connectivity index (χ0n) is 24.6. The van der Waals surface area contributed by atoms with Crippen molar-refractivity contribution >= 4 is 0 Å². The second-order valence-corrected chi connectivity index (χ2v) is 10.2. The third kappa shape index (κ3) is 7.84. The minimum absolute atomic E-state index is 0.619. The lowest BCUT2D eigenvalue weighted by Crippen LogP contribution is -2.88. The summed E-state index contributed by atoms with van der Waals surface area (Å²) in [7, 11) is 0. The summed E-state index contributed by atoms with van der Waals surface area (Å²) in [5.74, 6) is -118. The Morgan fingerprint density at radius 2 is 0.322 bits per heavy atom. The van der Waals surface area contributed by atoms with Gasteiger partial charge in [-0.25, -0.2) is 14.2 Å². The summed E-state index contributed by atoms with van der Waals surface area (Å²) in [5, 5.41) is 0. The SMILES string of the molecule is FC(F)(F)OC(OC(F)(F)F)(OC(F)(F)F)C(C(F)(F)C(F)(F)F)(C(F)(F)C(F)(F)C(F)(F)F)C(F)(F)C(F)(F)C(F)(F)C(F)(F)C(F)(F)C(F)(F)C(F)(F)C(F)(F)F. The molecule has 0 aromatic carbocycles. The molecule has 1 atom stereocenters. The first-order valence-electron chi connectivity index (χ1n) is 11.9. The molecule has 0 radical (unpaired) electrons. The lowest BCUT2D eigenvalue weighted by Gasteiger charge is -2.58. The van der Waals surface area contributed by atoms with Crippen LogP contribution >= 0.6 is 0 Å². The van der Waals surface area contributed by atoms with E-state index in [0.29, 0.717) is 14.2 Å². The highest BCUT2D eigenvalue weighted by molar-refractivity contribution is 5.27. The van der Waals surface area contributed by atoms with E-state index >= 15 is 17.6 Å². The maximum Gasteiger partial charge on any atom is 0.526 e. The Bertz CT molecular complexity index is 1440. The van der Waals surface area contributed by atoms with E-state index in [-0.39, 0.29) is 0 Å². The molecular formula is C18F38O3. The van der Waals surface area contributed by atoms with Gasteiger partial charge in [0.2, 0.25) is 0 Å². The Kier molecular flexibility index (Phi) is 13.2. The molecule has 59 heavy (non-hydrogen) atoms. The largest absolute Gasteiger partial charge is 0.526 e. The third-order valence-corrected chi connectivity index (χ3v) is 6.45. The van der Waals surface area contributed by atoms with Crippen LogP contribution in [0.5, 0.6) is 0 Å². The minimum Gasteiger partial charge on any atom is -0.232 e. The molecule has 0 aliphatic rings. The summed E-state index contributed by atoms with van der Waals surface area (Å²) < 4.78 is 522. The van der Waals surface area contributed by atoms with Gasteiger partial charge in [-0.2, -0.15) is 127 Å². The molecule has 0 N–H and O–H groups in total. The van der Waals surface area contributed by atoms with E-state index in [0.717, 1.165) is 0 Å². The van der Waals surface area contributed by atoms with Crippen LogP contribution < -0.4 is 0 Å². The summed E-state index contributed by atoms with van der Waals surface area (Å²) in [6.45, 7) is 0. The fourth-order valence-corrected chi connectivity index (χ4v) is 3.94. The van der Waals surface area contributed by atoms with Gasteiger partial charge in [-0.3, -0.25) is 0 Å². The molecule has 356 valence electrons. The molecule has 0 aromatic rings. The van der Waals surface area contributed by atoms with Crippen LogP contribution in [-0.2, 0) is 14.2 Å². The first kappa shape index (κ1) is 56.2. The van der Waals surface area contributed by atoms with Gasteiger partial charge in [-0.05, 0) is 0 Å². The predicted molar refractivity (Wildman–Crippen MR) is 94.2 cm³/mol. The highest BCUT2D eigenvalue weighted by Gasteiger charge is 3.08. The van der Waals surface area contributed by atoms with Crippen LogP contribution in [0.1, 0.15) is 0 Å². The summed E-state index contributed by atoms with van der Waals surface area (Å²) in [5.41, 5.74) is -12.0. The maximum atomic E-state index is 15.5. The molecule has 0 saturated heterocycles. The first-order valence-corrected chi connectivity index (χ1v) is 11.9. The van der Waals surface area contributed by atoms with Crippen LogP contribution in [-0.4, -0.2) is 103 Å². The fraction of sp³-hybridized carbons (Fsp3) is 1.00. The van der Waals surface area contributed by atoms with Crippen molar-refractivity contribution in [3.63, 3.8) is 0 Å². The second-order valence-electron chi connectivity index (χ2n) is 10.2. The highest BCUT2D eigenvalue weighted by Crippen LogP contribution is 2.78. The Balaban J connectivity index is 10.2. The summed E-state index contributed by atoms with van der Waals surface area (Å²) in [6.07, 6.45) is -55.5. The van der Waals surface area contributed by atoms with Gasteiger partial charge >= 0.3 is 103 Å². The van der Waals surface area contributed by atoms with E-state index in [1.807, 2.05) is 0 Å². The molecule has 0 spiro atoms. The molecular weight excluding hydrogens is 986 g/mol. The van der Waals surface area contributed by atoms with Gasteiger partial charge in [0.25, 0.3) is 5.41 Å². The number of rotatable bonds is 14. The molecule has 0 aromatic heterocycles. The first-order chi connectivity index (χ1) is 24.6. The lowest BCUT2D eigenvalue weighted by molar-refractivity contribution is -0.654. The Morgan fingerprint density at radius 3 is 0.508 bits per heavy atom. The van der Waals surface area contributed by atoms with Crippen LogP contribution in [0.3, 0.4) is 0 Å². The average Bonchev–Trinajstić information content (AvgIpc) is 2.86. The van der Waals surface area contributed by atoms with Crippen molar-refractivity contribution in [2.45, 2.75) is 103 Å². The summed E-state index contributed by atoms with van der Waals surface area (Å²) >= 11 is 0. The molecule has 1 unspecified atom stereocenters. The van der Waals surface area contributed by atoms with Crippen molar-refractivity contribution in [3.05, 3.63) is 0 Å². The van der Waals surface area contributed by atoms with Crippen molar-refractivity contribution in [2.75, 3.05) is 0 Å². The van der Waals surface area contributed by atoms with E-state index in [1.165, 1.54) is 0 Å². The van der Waals surface area contributed by atoms with Gasteiger partial charge < -0.3 is 0 Å². The molecule has 0 amide bonds. The molecule has 0 aliphatic heterocycles. The molecule has 41 heteroatoms. The summed E-state index contributed by atoms with van der Waals surface area (Å²) in [4.78, 5) is 0. The van der Waals surface area contributed by atoms with Gasteiger partial charge in [0.05, 0.1) is 0 Å². The zero-order chi connectivity index (χ0) is 49.1. The molecule has 0 aliphatic carbocycles. The molecule has 0 rings (SSSR count). The van der Waals surface area contributed by atoms with Crippen LogP contribution in [0.2, 0.25) is 0 Å². The maximum absolute atomic E-state index is 15.5. The molecule has 3 nitrogen and oxygen atoms in total. The predicted octanol–water partition coefficient (Wildman–Crippen LogP) is 12.3.